The molecule has 1 aliphatic rings. The van der Waals surface area contributed by atoms with Crippen LogP contribution in [0.2, 0.25) is 0 Å². The second kappa shape index (κ2) is 6.75. The van der Waals surface area contributed by atoms with E-state index >= 15 is 0 Å². The van der Waals surface area contributed by atoms with Crippen LogP contribution in [-0.2, 0) is 11.3 Å². The Morgan fingerprint density at radius 1 is 1.40 bits per heavy atom. The molecule has 0 spiro atoms. The van der Waals surface area contributed by atoms with Gasteiger partial charge in [-0.3, -0.25) is 4.79 Å². The number of nitrogens with zero attached hydrogens (tertiary/aromatic N) is 1. The fraction of sp³-hybridized carbons (Fsp3) is 0.562. The number of hydrogen-bond donors (Lipinski definition) is 1. The molecule has 1 aliphatic heterocycles. The molecular weight excluding hydrogens is 254 g/mol. The van der Waals surface area contributed by atoms with Gasteiger partial charge < -0.3 is 14.7 Å². The van der Waals surface area contributed by atoms with E-state index in [0.717, 1.165) is 36.3 Å². The maximum Gasteiger partial charge on any atom is 0.222 e. The second-order valence-corrected chi connectivity index (χ2v) is 5.25. The number of aliphatic hydroxyl groups is 1. The molecule has 20 heavy (non-hydrogen) atoms. The largest absolute Gasteiger partial charge is 0.494 e. The minimum Gasteiger partial charge on any atom is -0.494 e. The Kier molecular flexibility index (Phi) is 5.01. The van der Waals surface area contributed by atoms with Gasteiger partial charge in [0.05, 0.1) is 12.7 Å². The van der Waals surface area contributed by atoms with Crippen molar-refractivity contribution in [2.24, 2.45) is 0 Å². The summed E-state index contributed by atoms with van der Waals surface area (Å²) in [6.07, 6.45) is 2.18. The molecular formula is C16H23NO3. The third-order valence-electron chi connectivity index (χ3n) is 3.65. The van der Waals surface area contributed by atoms with Crippen LogP contribution < -0.4 is 4.74 Å². The summed E-state index contributed by atoms with van der Waals surface area (Å²) >= 11 is 0. The Bertz CT molecular complexity index is 471. The highest BCUT2D eigenvalue weighted by molar-refractivity contribution is 5.76. The van der Waals surface area contributed by atoms with Gasteiger partial charge in [-0.1, -0.05) is 6.07 Å². The van der Waals surface area contributed by atoms with Gasteiger partial charge in [0.1, 0.15) is 5.75 Å². The Morgan fingerprint density at radius 2 is 2.20 bits per heavy atom. The van der Waals surface area contributed by atoms with Gasteiger partial charge in [0, 0.05) is 25.1 Å². The topological polar surface area (TPSA) is 49.8 Å². The van der Waals surface area contributed by atoms with Gasteiger partial charge in [-0.15, -0.1) is 0 Å². The van der Waals surface area contributed by atoms with Crippen molar-refractivity contribution in [3.8, 4) is 5.75 Å². The van der Waals surface area contributed by atoms with E-state index in [4.69, 9.17) is 4.74 Å². The van der Waals surface area contributed by atoms with E-state index in [1.165, 1.54) is 0 Å². The Balaban J connectivity index is 2.22. The second-order valence-electron chi connectivity index (χ2n) is 5.25. The number of likely N-dealkylation sites (tertiary alicyclic amines) is 1. The first-order chi connectivity index (χ1) is 9.61. The van der Waals surface area contributed by atoms with Crippen LogP contribution in [-0.4, -0.2) is 29.1 Å². The molecule has 1 N–H and O–H groups in total. The van der Waals surface area contributed by atoms with E-state index in [1.54, 1.807) is 6.92 Å². The summed E-state index contributed by atoms with van der Waals surface area (Å²) in [5.41, 5.74) is 1.83. The Morgan fingerprint density at radius 3 is 2.85 bits per heavy atom. The first-order valence-corrected chi connectivity index (χ1v) is 7.33. The van der Waals surface area contributed by atoms with Gasteiger partial charge >= 0.3 is 0 Å². The standard InChI is InChI=1S/C16H23NO3/c1-3-20-15-8-7-13(12(2)18)10-14(15)11-17-9-5-4-6-16(17)19/h7-8,10,12,18H,3-6,9,11H2,1-2H3. The molecule has 1 unspecified atom stereocenters. The average Bonchev–Trinajstić information content (AvgIpc) is 2.43. The fourth-order valence-corrected chi connectivity index (χ4v) is 2.51. The van der Waals surface area contributed by atoms with Crippen LogP contribution in [0.3, 0.4) is 0 Å². The summed E-state index contributed by atoms with van der Waals surface area (Å²) in [7, 11) is 0. The molecule has 0 aromatic heterocycles. The quantitative estimate of drug-likeness (QED) is 0.900. The number of carbonyl (C=O) groups excluding carboxylic acids is 1. The lowest BCUT2D eigenvalue weighted by molar-refractivity contribution is -0.133. The third kappa shape index (κ3) is 3.51. The van der Waals surface area contributed by atoms with E-state index in [2.05, 4.69) is 0 Å². The Hall–Kier alpha value is -1.55. The molecule has 1 saturated heterocycles. The van der Waals surface area contributed by atoms with Crippen LogP contribution in [0.25, 0.3) is 0 Å². The monoisotopic (exact) mass is 277 g/mol. The number of carbonyl (C=O) groups is 1. The molecule has 1 atom stereocenters. The number of rotatable bonds is 5. The highest BCUT2D eigenvalue weighted by Gasteiger charge is 2.20. The van der Waals surface area contributed by atoms with Gasteiger partial charge in [0.15, 0.2) is 0 Å². The zero-order chi connectivity index (χ0) is 14.5. The first kappa shape index (κ1) is 14.9. The van der Waals surface area contributed by atoms with E-state index in [-0.39, 0.29) is 5.91 Å². The van der Waals surface area contributed by atoms with Crippen molar-refractivity contribution >= 4 is 5.91 Å². The van der Waals surface area contributed by atoms with Crippen molar-refractivity contribution < 1.29 is 14.6 Å². The molecule has 0 bridgehead atoms. The third-order valence-corrected chi connectivity index (χ3v) is 3.65. The van der Waals surface area contributed by atoms with Crippen LogP contribution in [0.1, 0.15) is 50.3 Å². The zero-order valence-corrected chi connectivity index (χ0v) is 12.3. The Labute approximate surface area is 120 Å². The van der Waals surface area contributed by atoms with Crippen LogP contribution in [0, 0.1) is 0 Å². The number of aliphatic hydroxyl groups excluding tert-OH is 1. The highest BCUT2D eigenvalue weighted by Crippen LogP contribution is 2.26. The van der Waals surface area contributed by atoms with Crippen LogP contribution >= 0.6 is 0 Å². The molecule has 110 valence electrons. The normalized spacial score (nSPS) is 17.1. The minimum absolute atomic E-state index is 0.209. The van der Waals surface area contributed by atoms with Crippen LogP contribution in [0.4, 0.5) is 0 Å². The van der Waals surface area contributed by atoms with Crippen LogP contribution in [0.5, 0.6) is 5.75 Å². The van der Waals surface area contributed by atoms with Crippen molar-refractivity contribution in [3.05, 3.63) is 29.3 Å². The summed E-state index contributed by atoms with van der Waals surface area (Å²) in [6.45, 7) is 5.65. The minimum atomic E-state index is -0.513. The van der Waals surface area contributed by atoms with Gasteiger partial charge in [0.25, 0.3) is 0 Å². The molecule has 0 saturated carbocycles. The van der Waals surface area contributed by atoms with Gasteiger partial charge in [-0.2, -0.15) is 0 Å². The molecule has 2 rings (SSSR count). The summed E-state index contributed by atoms with van der Waals surface area (Å²) in [5.74, 6) is 1.01. The lowest BCUT2D eigenvalue weighted by atomic mass is 10.0. The smallest absolute Gasteiger partial charge is 0.222 e. The van der Waals surface area contributed by atoms with E-state index in [0.29, 0.717) is 19.6 Å². The molecule has 0 radical (unpaired) electrons. The summed E-state index contributed by atoms with van der Waals surface area (Å²) in [6, 6.07) is 5.70. The SMILES string of the molecule is CCOc1ccc(C(C)O)cc1CN1CCCCC1=O. The molecule has 1 fully saturated rings. The van der Waals surface area contributed by atoms with E-state index in [9.17, 15) is 9.90 Å². The average molecular weight is 277 g/mol. The van der Waals surface area contributed by atoms with Crippen molar-refractivity contribution in [3.63, 3.8) is 0 Å². The van der Waals surface area contributed by atoms with Crippen LogP contribution in [0.15, 0.2) is 18.2 Å². The maximum atomic E-state index is 11.9. The lowest BCUT2D eigenvalue weighted by Crippen LogP contribution is -2.34. The number of benzene rings is 1. The molecule has 1 aromatic carbocycles. The summed E-state index contributed by atoms with van der Waals surface area (Å²) < 4.78 is 5.63. The number of amides is 1. The molecule has 4 nitrogen and oxygen atoms in total. The highest BCUT2D eigenvalue weighted by atomic mass is 16.5. The van der Waals surface area contributed by atoms with E-state index < -0.39 is 6.10 Å². The predicted octanol–water partition coefficient (Wildman–Crippen LogP) is 2.65. The van der Waals surface area contributed by atoms with Crippen molar-refractivity contribution in [1.82, 2.24) is 4.90 Å². The summed E-state index contributed by atoms with van der Waals surface area (Å²) in [5, 5.41) is 9.71. The van der Waals surface area contributed by atoms with Gasteiger partial charge in [0.2, 0.25) is 5.91 Å². The molecule has 1 amide bonds. The number of ether oxygens (including phenoxy) is 1. The fourth-order valence-electron chi connectivity index (χ4n) is 2.51. The molecule has 4 heteroatoms. The maximum absolute atomic E-state index is 11.9. The number of hydrogen-bond acceptors (Lipinski definition) is 3. The number of piperidine rings is 1. The first-order valence-electron chi connectivity index (χ1n) is 7.33. The molecule has 0 aliphatic carbocycles. The predicted molar refractivity (Wildman–Crippen MR) is 77.5 cm³/mol. The summed E-state index contributed by atoms with van der Waals surface area (Å²) in [4.78, 5) is 13.8. The zero-order valence-electron chi connectivity index (χ0n) is 12.3. The van der Waals surface area contributed by atoms with Crippen molar-refractivity contribution in [2.45, 2.75) is 45.8 Å². The lowest BCUT2D eigenvalue weighted by Gasteiger charge is -2.27. The van der Waals surface area contributed by atoms with Crippen molar-refractivity contribution in [2.75, 3.05) is 13.2 Å². The van der Waals surface area contributed by atoms with Gasteiger partial charge in [-0.25, -0.2) is 0 Å². The molecule has 1 aromatic rings. The van der Waals surface area contributed by atoms with Crippen molar-refractivity contribution in [1.29, 1.82) is 0 Å². The molecule has 1 heterocycles. The van der Waals surface area contributed by atoms with Gasteiger partial charge in [-0.05, 0) is 44.4 Å². The van der Waals surface area contributed by atoms with E-state index in [1.807, 2.05) is 30.0 Å².